The number of hydrogen-bond donors (Lipinski definition) is 1. The predicted molar refractivity (Wildman–Crippen MR) is 80.5 cm³/mol. The zero-order chi connectivity index (χ0) is 14.3. The normalized spacial score (nSPS) is 14.4. The number of benzene rings is 1. The second kappa shape index (κ2) is 9.06. The van der Waals surface area contributed by atoms with Gasteiger partial charge in [-0.15, -0.1) is 11.8 Å². The van der Waals surface area contributed by atoms with Gasteiger partial charge < -0.3 is 14.6 Å². The number of ether oxygens (including phenoxy) is 2. The Hall–Kier alpha value is 0.0300. The lowest BCUT2D eigenvalue weighted by Crippen LogP contribution is -2.24. The lowest BCUT2D eigenvalue weighted by atomic mass is 10.4. The van der Waals surface area contributed by atoms with Crippen LogP contribution >= 0.6 is 35.0 Å². The second-order valence-electron chi connectivity index (χ2n) is 4.14. The Kier molecular flexibility index (Phi) is 8.14. The number of halogens is 2. The van der Waals surface area contributed by atoms with Crippen molar-refractivity contribution in [3.05, 3.63) is 28.2 Å². The maximum Gasteiger partial charge on any atom is 0.0867 e. The summed E-state index contributed by atoms with van der Waals surface area (Å²) in [5.41, 5.74) is 0. The van der Waals surface area contributed by atoms with E-state index in [0.717, 1.165) is 4.90 Å². The van der Waals surface area contributed by atoms with Crippen molar-refractivity contribution in [2.45, 2.75) is 24.0 Å². The average Bonchev–Trinajstić information content (AvgIpc) is 2.38. The van der Waals surface area contributed by atoms with Crippen LogP contribution < -0.4 is 0 Å². The molecule has 0 spiro atoms. The van der Waals surface area contributed by atoms with Crippen LogP contribution in [0.2, 0.25) is 10.0 Å². The van der Waals surface area contributed by atoms with E-state index in [2.05, 4.69) is 0 Å². The Morgan fingerprint density at radius 3 is 2.63 bits per heavy atom. The maximum absolute atomic E-state index is 9.81. The van der Waals surface area contributed by atoms with Crippen LogP contribution in [-0.2, 0) is 9.47 Å². The molecule has 0 aromatic heterocycles. The predicted octanol–water partition coefficient (Wildman–Crippen LogP) is 3.50. The van der Waals surface area contributed by atoms with E-state index < -0.39 is 6.10 Å². The molecule has 0 bridgehead atoms. The van der Waals surface area contributed by atoms with Crippen molar-refractivity contribution in [1.29, 1.82) is 0 Å². The number of aliphatic hydroxyl groups excluding tert-OH is 1. The summed E-state index contributed by atoms with van der Waals surface area (Å²) in [7, 11) is 1.62. The molecule has 1 N–H and O–H groups in total. The SMILES string of the molecule is COCC(C)OCC(O)CSc1ccc(Cl)c(Cl)c1. The van der Waals surface area contributed by atoms with Crippen LogP contribution in [0.5, 0.6) is 0 Å². The molecule has 3 nitrogen and oxygen atoms in total. The molecule has 0 heterocycles. The van der Waals surface area contributed by atoms with E-state index in [1.807, 2.05) is 13.0 Å². The minimum absolute atomic E-state index is 0.0189. The first kappa shape index (κ1) is 17.1. The summed E-state index contributed by atoms with van der Waals surface area (Å²) in [6, 6.07) is 5.41. The first-order valence-corrected chi connectivity index (χ1v) is 7.63. The molecular weight excluding hydrogens is 307 g/mol. The summed E-state index contributed by atoms with van der Waals surface area (Å²) in [5, 5.41) is 10.9. The van der Waals surface area contributed by atoms with Gasteiger partial charge in [-0.1, -0.05) is 23.2 Å². The third kappa shape index (κ3) is 6.84. The number of rotatable bonds is 8. The quantitative estimate of drug-likeness (QED) is 0.743. The minimum Gasteiger partial charge on any atom is -0.390 e. The Morgan fingerprint density at radius 1 is 1.26 bits per heavy atom. The zero-order valence-corrected chi connectivity index (χ0v) is 13.3. The largest absolute Gasteiger partial charge is 0.390 e. The summed E-state index contributed by atoms with van der Waals surface area (Å²) in [6.45, 7) is 2.72. The third-order valence-electron chi connectivity index (χ3n) is 2.31. The van der Waals surface area contributed by atoms with E-state index >= 15 is 0 Å². The Morgan fingerprint density at radius 2 is 2.00 bits per heavy atom. The van der Waals surface area contributed by atoms with Crippen LogP contribution in [0.3, 0.4) is 0 Å². The molecular formula is C13H18Cl2O3S. The summed E-state index contributed by atoms with van der Waals surface area (Å²) < 4.78 is 10.4. The highest BCUT2D eigenvalue weighted by Crippen LogP contribution is 2.28. The molecule has 108 valence electrons. The van der Waals surface area contributed by atoms with Gasteiger partial charge in [0.2, 0.25) is 0 Å². The van der Waals surface area contributed by atoms with Crippen molar-refractivity contribution in [3.8, 4) is 0 Å². The summed E-state index contributed by atoms with van der Waals surface area (Å²) in [6.07, 6.45) is -0.548. The van der Waals surface area contributed by atoms with E-state index in [9.17, 15) is 5.11 Å². The molecule has 0 radical (unpaired) electrons. The molecule has 19 heavy (non-hydrogen) atoms. The van der Waals surface area contributed by atoms with Crippen molar-refractivity contribution in [2.75, 3.05) is 26.1 Å². The molecule has 0 saturated carbocycles. The van der Waals surface area contributed by atoms with Gasteiger partial charge in [0.1, 0.15) is 0 Å². The number of thioether (sulfide) groups is 1. The van der Waals surface area contributed by atoms with Gasteiger partial charge in [-0.25, -0.2) is 0 Å². The van der Waals surface area contributed by atoms with Crippen LogP contribution in [0.25, 0.3) is 0 Å². The fourth-order valence-corrected chi connectivity index (χ4v) is 2.57. The van der Waals surface area contributed by atoms with Gasteiger partial charge in [0.05, 0.1) is 35.5 Å². The minimum atomic E-state index is -0.529. The second-order valence-corrected chi connectivity index (χ2v) is 6.05. The van der Waals surface area contributed by atoms with Crippen LogP contribution in [0.15, 0.2) is 23.1 Å². The highest BCUT2D eigenvalue weighted by molar-refractivity contribution is 7.99. The molecule has 1 rings (SSSR count). The summed E-state index contributed by atoms with van der Waals surface area (Å²) in [4.78, 5) is 0.971. The summed E-state index contributed by atoms with van der Waals surface area (Å²) >= 11 is 13.3. The molecule has 6 heteroatoms. The fourth-order valence-electron chi connectivity index (χ4n) is 1.37. The van der Waals surface area contributed by atoms with Gasteiger partial charge in [0.15, 0.2) is 0 Å². The molecule has 0 saturated heterocycles. The topological polar surface area (TPSA) is 38.7 Å². The first-order chi connectivity index (χ1) is 9.02. The van der Waals surface area contributed by atoms with Crippen molar-refractivity contribution in [2.24, 2.45) is 0 Å². The lowest BCUT2D eigenvalue weighted by Gasteiger charge is -2.15. The smallest absolute Gasteiger partial charge is 0.0867 e. The highest BCUT2D eigenvalue weighted by atomic mass is 35.5. The third-order valence-corrected chi connectivity index (χ3v) is 4.19. The molecule has 0 aliphatic rings. The molecule has 0 aliphatic carbocycles. The van der Waals surface area contributed by atoms with E-state index in [0.29, 0.717) is 29.0 Å². The fraction of sp³-hybridized carbons (Fsp3) is 0.538. The van der Waals surface area contributed by atoms with Gasteiger partial charge in [-0.2, -0.15) is 0 Å². The Labute approximate surface area is 128 Å². The van der Waals surface area contributed by atoms with Gasteiger partial charge in [-0.05, 0) is 25.1 Å². The Bertz CT molecular complexity index is 390. The van der Waals surface area contributed by atoms with Gasteiger partial charge >= 0.3 is 0 Å². The van der Waals surface area contributed by atoms with Gasteiger partial charge in [0, 0.05) is 17.8 Å². The molecule has 0 aliphatic heterocycles. The van der Waals surface area contributed by atoms with Crippen LogP contribution in [0.1, 0.15) is 6.92 Å². The van der Waals surface area contributed by atoms with Crippen LogP contribution in [-0.4, -0.2) is 43.4 Å². The molecule has 0 amide bonds. The number of aliphatic hydroxyl groups is 1. The number of hydrogen-bond acceptors (Lipinski definition) is 4. The van der Waals surface area contributed by atoms with E-state index in [-0.39, 0.29) is 6.10 Å². The molecule has 2 atom stereocenters. The zero-order valence-electron chi connectivity index (χ0n) is 10.9. The van der Waals surface area contributed by atoms with Crippen LogP contribution in [0.4, 0.5) is 0 Å². The van der Waals surface area contributed by atoms with Crippen molar-refractivity contribution in [1.82, 2.24) is 0 Å². The van der Waals surface area contributed by atoms with E-state index in [1.165, 1.54) is 11.8 Å². The molecule has 2 unspecified atom stereocenters. The molecule has 1 aromatic carbocycles. The van der Waals surface area contributed by atoms with Crippen molar-refractivity contribution in [3.63, 3.8) is 0 Å². The van der Waals surface area contributed by atoms with E-state index in [4.69, 9.17) is 32.7 Å². The van der Waals surface area contributed by atoms with Crippen LogP contribution in [0, 0.1) is 0 Å². The van der Waals surface area contributed by atoms with E-state index in [1.54, 1.807) is 19.2 Å². The first-order valence-electron chi connectivity index (χ1n) is 5.89. The number of methoxy groups -OCH3 is 1. The highest BCUT2D eigenvalue weighted by Gasteiger charge is 2.09. The Balaban J connectivity index is 2.29. The van der Waals surface area contributed by atoms with Gasteiger partial charge in [0.25, 0.3) is 0 Å². The van der Waals surface area contributed by atoms with Crippen molar-refractivity contribution >= 4 is 35.0 Å². The average molecular weight is 325 g/mol. The maximum atomic E-state index is 9.81. The lowest BCUT2D eigenvalue weighted by molar-refractivity contribution is -0.0257. The standard InChI is InChI=1S/C13H18Cl2O3S/c1-9(6-17-2)18-7-10(16)8-19-11-3-4-12(14)13(15)5-11/h3-5,9-10,16H,6-8H2,1-2H3. The van der Waals surface area contributed by atoms with Crippen molar-refractivity contribution < 1.29 is 14.6 Å². The molecule has 1 aromatic rings. The summed E-state index contributed by atoms with van der Waals surface area (Å²) in [5.74, 6) is 0.539. The molecule has 0 fully saturated rings. The van der Waals surface area contributed by atoms with Gasteiger partial charge in [-0.3, -0.25) is 0 Å². The monoisotopic (exact) mass is 324 g/mol.